The van der Waals surface area contributed by atoms with E-state index in [9.17, 15) is 23.1 Å². The minimum Gasteiger partial charge on any atom is -0.489 e. The van der Waals surface area contributed by atoms with E-state index >= 15 is 0 Å². The zero-order valence-corrected chi connectivity index (χ0v) is 18.8. The van der Waals surface area contributed by atoms with Crippen LogP contribution in [0.1, 0.15) is 73.7 Å². The molecular weight excluding hydrogens is 431 g/mol. The number of fused-ring (bicyclic) bond motifs is 1. The lowest BCUT2D eigenvalue weighted by Crippen LogP contribution is -2.15. The summed E-state index contributed by atoms with van der Waals surface area (Å²) in [6, 6.07) is 9.33. The molecule has 1 atom stereocenters. The van der Waals surface area contributed by atoms with Gasteiger partial charge in [0.1, 0.15) is 18.4 Å². The third-order valence-corrected chi connectivity index (χ3v) is 6.64. The summed E-state index contributed by atoms with van der Waals surface area (Å²) in [5.74, 6) is -0.395. The van der Waals surface area contributed by atoms with Gasteiger partial charge in [-0.15, -0.1) is 0 Å². The molecule has 1 unspecified atom stereocenters. The van der Waals surface area contributed by atoms with Gasteiger partial charge >= 0.3 is 12.1 Å². The average molecular weight is 460 g/mol. The quantitative estimate of drug-likeness (QED) is 0.410. The van der Waals surface area contributed by atoms with E-state index in [1.54, 1.807) is 35.9 Å². The van der Waals surface area contributed by atoms with E-state index in [-0.39, 0.29) is 12.5 Å². The Morgan fingerprint density at radius 3 is 2.55 bits per heavy atom. The van der Waals surface area contributed by atoms with Crippen molar-refractivity contribution in [2.45, 2.75) is 70.7 Å². The molecule has 0 saturated heterocycles. The first kappa shape index (κ1) is 23.2. The van der Waals surface area contributed by atoms with Crippen LogP contribution >= 0.6 is 0 Å². The number of halogens is 3. The van der Waals surface area contributed by atoms with Crippen LogP contribution in [0.25, 0.3) is 10.9 Å². The van der Waals surface area contributed by atoms with Gasteiger partial charge in [-0.1, -0.05) is 31.9 Å². The number of ether oxygens (including phenoxy) is 1. The van der Waals surface area contributed by atoms with Gasteiger partial charge in [-0.05, 0) is 73.1 Å². The second-order valence-corrected chi connectivity index (χ2v) is 8.80. The number of carbonyl (C=O) groups is 1. The number of aryl methyl sites for hydroxylation is 1. The van der Waals surface area contributed by atoms with Gasteiger partial charge in [-0.25, -0.2) is 4.79 Å². The maximum Gasteiger partial charge on any atom is 0.416 e. The van der Waals surface area contributed by atoms with E-state index in [1.165, 1.54) is 6.07 Å². The first-order valence-electron chi connectivity index (χ1n) is 11.4. The summed E-state index contributed by atoms with van der Waals surface area (Å²) in [5.41, 5.74) is 2.07. The van der Waals surface area contributed by atoms with Gasteiger partial charge < -0.3 is 14.4 Å². The fraction of sp³-hybridized carbons (Fsp3) is 0.423. The number of nitrogens with zero attached hydrogens (tertiary/aromatic N) is 1. The Hall–Kier alpha value is -2.96. The van der Waals surface area contributed by atoms with Gasteiger partial charge in [0.05, 0.1) is 11.1 Å². The van der Waals surface area contributed by atoms with E-state index in [4.69, 9.17) is 4.74 Å². The first-order chi connectivity index (χ1) is 15.7. The Morgan fingerprint density at radius 1 is 1.18 bits per heavy atom. The molecule has 1 aromatic heterocycles. The highest BCUT2D eigenvalue weighted by molar-refractivity contribution is 5.87. The molecule has 0 amide bonds. The monoisotopic (exact) mass is 459 g/mol. The first-order valence-corrected chi connectivity index (χ1v) is 11.4. The molecule has 4 nitrogen and oxygen atoms in total. The van der Waals surface area contributed by atoms with E-state index in [1.807, 2.05) is 19.1 Å². The number of hydrogen-bond acceptors (Lipinski definition) is 2. The van der Waals surface area contributed by atoms with E-state index in [2.05, 4.69) is 0 Å². The fourth-order valence-electron chi connectivity index (χ4n) is 4.86. The van der Waals surface area contributed by atoms with Crippen molar-refractivity contribution in [1.82, 2.24) is 4.57 Å². The Bertz CT molecular complexity index is 1160. The third-order valence-electron chi connectivity index (χ3n) is 6.64. The molecule has 0 bridgehead atoms. The summed E-state index contributed by atoms with van der Waals surface area (Å²) in [5, 5.41) is 10.2. The second-order valence-electron chi connectivity index (χ2n) is 8.80. The molecule has 1 saturated carbocycles. The van der Waals surface area contributed by atoms with Crippen molar-refractivity contribution in [2.75, 3.05) is 0 Å². The molecule has 4 rings (SSSR count). The SMILES string of the molecule is CCc1cc(OCc2ccc(C3CCCC3)c(C(F)(F)F)c2)cc2ccn(C(C)C(=O)O)c12. The second kappa shape index (κ2) is 9.12. The van der Waals surface area contributed by atoms with Crippen LogP contribution in [0, 0.1) is 0 Å². The zero-order valence-electron chi connectivity index (χ0n) is 18.8. The predicted octanol–water partition coefficient (Wildman–Crippen LogP) is 7.10. The van der Waals surface area contributed by atoms with Crippen molar-refractivity contribution in [3.8, 4) is 5.75 Å². The third kappa shape index (κ3) is 4.72. The van der Waals surface area contributed by atoms with Crippen LogP contribution < -0.4 is 4.74 Å². The maximum absolute atomic E-state index is 13.8. The molecule has 0 aliphatic heterocycles. The predicted molar refractivity (Wildman–Crippen MR) is 121 cm³/mol. The van der Waals surface area contributed by atoms with Crippen molar-refractivity contribution in [1.29, 1.82) is 0 Å². The van der Waals surface area contributed by atoms with E-state index < -0.39 is 23.8 Å². The van der Waals surface area contributed by atoms with Crippen LogP contribution in [0.3, 0.4) is 0 Å². The molecule has 176 valence electrons. The molecule has 1 N–H and O–H groups in total. The maximum atomic E-state index is 13.8. The summed E-state index contributed by atoms with van der Waals surface area (Å²) in [4.78, 5) is 11.4. The van der Waals surface area contributed by atoms with Crippen LogP contribution in [-0.4, -0.2) is 15.6 Å². The van der Waals surface area contributed by atoms with Crippen molar-refractivity contribution in [3.05, 3.63) is 64.8 Å². The van der Waals surface area contributed by atoms with Gasteiger partial charge in [0.15, 0.2) is 0 Å². The van der Waals surface area contributed by atoms with Gasteiger partial charge in [-0.3, -0.25) is 0 Å². The van der Waals surface area contributed by atoms with Gasteiger partial charge in [0.2, 0.25) is 0 Å². The molecule has 0 spiro atoms. The Morgan fingerprint density at radius 2 is 1.91 bits per heavy atom. The Labute approximate surface area is 191 Å². The minimum atomic E-state index is -4.40. The minimum absolute atomic E-state index is 0.0227. The smallest absolute Gasteiger partial charge is 0.416 e. The normalized spacial score (nSPS) is 15.8. The molecule has 33 heavy (non-hydrogen) atoms. The van der Waals surface area contributed by atoms with Crippen molar-refractivity contribution < 1.29 is 27.8 Å². The summed E-state index contributed by atoms with van der Waals surface area (Å²) >= 11 is 0. The largest absolute Gasteiger partial charge is 0.489 e. The van der Waals surface area contributed by atoms with Crippen LogP contribution in [0.15, 0.2) is 42.6 Å². The lowest BCUT2D eigenvalue weighted by atomic mass is 9.91. The number of aliphatic carboxylic acids is 1. The van der Waals surface area contributed by atoms with E-state index in [0.29, 0.717) is 23.3 Å². The molecule has 3 aromatic rings. The summed E-state index contributed by atoms with van der Waals surface area (Å²) in [7, 11) is 0. The van der Waals surface area contributed by atoms with Crippen molar-refractivity contribution >= 4 is 16.9 Å². The molecular formula is C26H28F3NO3. The zero-order chi connectivity index (χ0) is 23.8. The van der Waals surface area contributed by atoms with Crippen molar-refractivity contribution in [2.24, 2.45) is 0 Å². The number of aromatic nitrogens is 1. The Balaban J connectivity index is 1.60. The number of carboxylic acids is 1. The molecule has 1 aliphatic rings. The number of carboxylic acid groups (broad SMARTS) is 1. The molecule has 7 heteroatoms. The number of alkyl halides is 3. The molecule has 2 aromatic carbocycles. The van der Waals surface area contributed by atoms with Crippen LogP contribution in [0.4, 0.5) is 13.2 Å². The molecule has 1 aliphatic carbocycles. The van der Waals surface area contributed by atoms with Gasteiger partial charge in [0, 0.05) is 11.6 Å². The highest BCUT2D eigenvalue weighted by Crippen LogP contribution is 2.42. The van der Waals surface area contributed by atoms with E-state index in [0.717, 1.165) is 42.1 Å². The van der Waals surface area contributed by atoms with Crippen molar-refractivity contribution in [3.63, 3.8) is 0 Å². The summed E-state index contributed by atoms with van der Waals surface area (Å²) < 4.78 is 48.9. The Kier molecular flexibility index (Phi) is 6.41. The highest BCUT2D eigenvalue weighted by Gasteiger charge is 2.36. The molecule has 1 heterocycles. The fourth-order valence-corrected chi connectivity index (χ4v) is 4.86. The van der Waals surface area contributed by atoms with Gasteiger partial charge in [-0.2, -0.15) is 13.2 Å². The highest BCUT2D eigenvalue weighted by atomic mass is 19.4. The molecule has 1 fully saturated rings. The van der Waals surface area contributed by atoms with Crippen LogP contribution in [-0.2, 0) is 24.0 Å². The molecule has 0 radical (unpaired) electrons. The lowest BCUT2D eigenvalue weighted by Gasteiger charge is -2.19. The van der Waals surface area contributed by atoms with Crippen LogP contribution in [0.2, 0.25) is 0 Å². The summed E-state index contributed by atoms with van der Waals surface area (Å²) in [6.45, 7) is 3.62. The topological polar surface area (TPSA) is 51.5 Å². The number of hydrogen-bond donors (Lipinski definition) is 1. The lowest BCUT2D eigenvalue weighted by molar-refractivity contribution is -0.140. The van der Waals surface area contributed by atoms with Crippen LogP contribution in [0.5, 0.6) is 5.75 Å². The summed E-state index contributed by atoms with van der Waals surface area (Å²) in [6.07, 6.45) is 1.57. The van der Waals surface area contributed by atoms with Gasteiger partial charge in [0.25, 0.3) is 0 Å². The standard InChI is InChI=1S/C26H28F3NO3/c1-3-18-13-21(14-20-10-11-30(24(18)20)16(2)25(31)32)33-15-17-8-9-22(19-6-4-5-7-19)23(12-17)26(27,28)29/h8-14,16,19H,3-7,15H2,1-2H3,(H,31,32). The number of rotatable bonds is 7. The average Bonchev–Trinajstić information content (AvgIpc) is 3.46. The number of benzene rings is 2.